The van der Waals surface area contributed by atoms with E-state index in [9.17, 15) is 0 Å². The third-order valence-corrected chi connectivity index (χ3v) is 2.03. The lowest BCUT2D eigenvalue weighted by atomic mass is 10.1. The molecule has 0 amide bonds. The highest BCUT2D eigenvalue weighted by molar-refractivity contribution is 5.74. The van der Waals surface area contributed by atoms with Crippen LogP contribution in [-0.2, 0) is 0 Å². The summed E-state index contributed by atoms with van der Waals surface area (Å²) in [6.45, 7) is 11.5. The van der Waals surface area contributed by atoms with Crippen LogP contribution in [0.25, 0.3) is 5.57 Å². The Morgan fingerprint density at radius 1 is 1.29 bits per heavy atom. The quantitative estimate of drug-likeness (QED) is 0.657. The van der Waals surface area contributed by atoms with Crippen molar-refractivity contribution in [2.45, 2.75) is 13.8 Å². The third kappa shape index (κ3) is 2.19. The molecule has 1 nitrogen and oxygen atoms in total. The minimum absolute atomic E-state index is 0.986. The molecule has 0 bridgehead atoms. The SMILES string of the molecule is C=C/C=C(\C=C)c1nc(C)ccc1C. The van der Waals surface area contributed by atoms with E-state index < -0.39 is 0 Å². The molecule has 0 saturated heterocycles. The van der Waals surface area contributed by atoms with Crippen LogP contribution in [0.15, 0.2) is 43.5 Å². The van der Waals surface area contributed by atoms with Gasteiger partial charge in [-0.05, 0) is 31.1 Å². The summed E-state index contributed by atoms with van der Waals surface area (Å²) in [5.74, 6) is 0. The molecule has 0 radical (unpaired) electrons. The number of hydrogen-bond donors (Lipinski definition) is 0. The van der Waals surface area contributed by atoms with Gasteiger partial charge in [0.25, 0.3) is 0 Å². The molecule has 0 fully saturated rings. The maximum Gasteiger partial charge on any atom is 0.0734 e. The summed E-state index contributed by atoms with van der Waals surface area (Å²) >= 11 is 0. The van der Waals surface area contributed by atoms with E-state index in [1.54, 1.807) is 12.2 Å². The minimum atomic E-state index is 0.986. The van der Waals surface area contributed by atoms with E-state index in [-0.39, 0.29) is 0 Å². The number of nitrogens with zero attached hydrogens (tertiary/aromatic N) is 1. The van der Waals surface area contributed by atoms with Crippen LogP contribution < -0.4 is 0 Å². The molecular formula is C13H15N. The van der Waals surface area contributed by atoms with Gasteiger partial charge in [0.1, 0.15) is 0 Å². The van der Waals surface area contributed by atoms with Gasteiger partial charge in [-0.15, -0.1) is 0 Å². The number of hydrogen-bond acceptors (Lipinski definition) is 1. The van der Waals surface area contributed by atoms with Gasteiger partial charge in [-0.1, -0.05) is 37.5 Å². The van der Waals surface area contributed by atoms with Crippen LogP contribution in [0.3, 0.4) is 0 Å². The maximum atomic E-state index is 4.48. The van der Waals surface area contributed by atoms with Gasteiger partial charge in [0, 0.05) is 5.69 Å². The second-order valence-corrected chi connectivity index (χ2v) is 3.18. The van der Waals surface area contributed by atoms with Crippen molar-refractivity contribution >= 4 is 5.57 Å². The van der Waals surface area contributed by atoms with Crippen molar-refractivity contribution in [3.63, 3.8) is 0 Å². The summed E-state index contributed by atoms with van der Waals surface area (Å²) in [7, 11) is 0. The van der Waals surface area contributed by atoms with Crippen LogP contribution in [0.5, 0.6) is 0 Å². The van der Waals surface area contributed by atoms with Crippen LogP contribution in [0.1, 0.15) is 17.0 Å². The van der Waals surface area contributed by atoms with E-state index in [1.165, 1.54) is 0 Å². The van der Waals surface area contributed by atoms with Gasteiger partial charge < -0.3 is 0 Å². The Balaban J connectivity index is 3.28. The maximum absolute atomic E-state index is 4.48. The minimum Gasteiger partial charge on any atom is -0.253 e. The fraction of sp³-hybridized carbons (Fsp3) is 0.154. The first-order valence-corrected chi connectivity index (χ1v) is 4.59. The van der Waals surface area contributed by atoms with Crippen molar-refractivity contribution in [2.75, 3.05) is 0 Å². The van der Waals surface area contributed by atoms with Gasteiger partial charge in [-0.3, -0.25) is 4.98 Å². The number of aryl methyl sites for hydroxylation is 2. The van der Waals surface area contributed by atoms with Crippen molar-refractivity contribution in [3.05, 3.63) is 60.5 Å². The summed E-state index contributed by atoms with van der Waals surface area (Å²) in [6.07, 6.45) is 5.47. The standard InChI is InChI=1S/C13H15N/c1-5-7-12(6-2)13-10(3)8-9-11(4)14-13/h5-9H,1-2H2,3-4H3/b12-7+. The zero-order valence-corrected chi connectivity index (χ0v) is 8.75. The molecule has 1 aromatic rings. The first-order chi connectivity index (χ1) is 6.69. The highest BCUT2D eigenvalue weighted by Crippen LogP contribution is 2.17. The van der Waals surface area contributed by atoms with E-state index in [2.05, 4.69) is 24.2 Å². The molecule has 0 aromatic carbocycles. The molecule has 0 aliphatic rings. The third-order valence-electron chi connectivity index (χ3n) is 2.03. The lowest BCUT2D eigenvalue weighted by Crippen LogP contribution is -1.93. The normalized spacial score (nSPS) is 11.1. The molecule has 1 heteroatoms. The van der Waals surface area contributed by atoms with Gasteiger partial charge >= 0.3 is 0 Å². The lowest BCUT2D eigenvalue weighted by Gasteiger charge is -2.06. The fourth-order valence-electron chi connectivity index (χ4n) is 1.29. The van der Waals surface area contributed by atoms with Crippen molar-refractivity contribution in [2.24, 2.45) is 0 Å². The van der Waals surface area contributed by atoms with Crippen LogP contribution in [0.2, 0.25) is 0 Å². The van der Waals surface area contributed by atoms with Gasteiger partial charge in [0.15, 0.2) is 0 Å². The van der Waals surface area contributed by atoms with Crippen molar-refractivity contribution in [1.29, 1.82) is 0 Å². The predicted octanol–water partition coefficient (Wildman–Crippen LogP) is 3.45. The van der Waals surface area contributed by atoms with Crippen LogP contribution in [0.4, 0.5) is 0 Å². The smallest absolute Gasteiger partial charge is 0.0734 e. The van der Waals surface area contributed by atoms with Gasteiger partial charge in [0.2, 0.25) is 0 Å². The first-order valence-electron chi connectivity index (χ1n) is 4.59. The largest absolute Gasteiger partial charge is 0.253 e. The zero-order chi connectivity index (χ0) is 10.6. The molecule has 0 unspecified atom stereocenters. The summed E-state index contributed by atoms with van der Waals surface area (Å²) < 4.78 is 0. The summed E-state index contributed by atoms with van der Waals surface area (Å²) in [5.41, 5.74) is 4.17. The van der Waals surface area contributed by atoms with Crippen molar-refractivity contribution < 1.29 is 0 Å². The molecule has 0 atom stereocenters. The Kier molecular flexibility index (Phi) is 3.41. The van der Waals surface area contributed by atoms with Crippen LogP contribution in [-0.4, -0.2) is 4.98 Å². The predicted molar refractivity (Wildman–Crippen MR) is 62.1 cm³/mol. The Labute approximate surface area is 85.5 Å². The average molecular weight is 185 g/mol. The molecule has 14 heavy (non-hydrogen) atoms. The first kappa shape index (κ1) is 10.5. The highest BCUT2D eigenvalue weighted by Gasteiger charge is 2.02. The zero-order valence-electron chi connectivity index (χ0n) is 8.75. The van der Waals surface area contributed by atoms with E-state index >= 15 is 0 Å². The number of aromatic nitrogens is 1. The topological polar surface area (TPSA) is 12.9 Å². The summed E-state index contributed by atoms with van der Waals surface area (Å²) in [5, 5.41) is 0. The van der Waals surface area contributed by atoms with Gasteiger partial charge in [0.05, 0.1) is 5.69 Å². The van der Waals surface area contributed by atoms with Crippen molar-refractivity contribution in [3.8, 4) is 0 Å². The Hall–Kier alpha value is -1.63. The fourth-order valence-corrected chi connectivity index (χ4v) is 1.29. The van der Waals surface area contributed by atoms with E-state index in [1.807, 2.05) is 26.0 Å². The second kappa shape index (κ2) is 4.56. The average Bonchev–Trinajstić information content (AvgIpc) is 2.18. The number of rotatable bonds is 3. The monoisotopic (exact) mass is 185 g/mol. The molecule has 1 heterocycles. The van der Waals surface area contributed by atoms with Gasteiger partial charge in [-0.25, -0.2) is 0 Å². The molecule has 0 saturated carbocycles. The number of pyridine rings is 1. The molecule has 0 spiro atoms. The Morgan fingerprint density at radius 3 is 2.57 bits per heavy atom. The van der Waals surface area contributed by atoms with Gasteiger partial charge in [-0.2, -0.15) is 0 Å². The lowest BCUT2D eigenvalue weighted by molar-refractivity contribution is 1.14. The molecule has 0 N–H and O–H groups in total. The van der Waals surface area contributed by atoms with E-state index in [0.717, 1.165) is 22.5 Å². The molecule has 1 rings (SSSR count). The van der Waals surface area contributed by atoms with Crippen molar-refractivity contribution in [1.82, 2.24) is 4.98 Å². The molecule has 1 aromatic heterocycles. The summed E-state index contributed by atoms with van der Waals surface area (Å²) in [6, 6.07) is 4.07. The summed E-state index contributed by atoms with van der Waals surface area (Å²) in [4.78, 5) is 4.48. The highest BCUT2D eigenvalue weighted by atomic mass is 14.7. The van der Waals surface area contributed by atoms with E-state index in [0.29, 0.717) is 0 Å². The number of allylic oxidation sites excluding steroid dienone is 4. The molecule has 0 aliphatic carbocycles. The Morgan fingerprint density at radius 2 is 2.00 bits per heavy atom. The Bertz CT molecular complexity index is 386. The van der Waals surface area contributed by atoms with Crippen LogP contribution in [0, 0.1) is 13.8 Å². The molecular weight excluding hydrogens is 170 g/mol. The molecule has 0 aliphatic heterocycles. The molecule has 72 valence electrons. The van der Waals surface area contributed by atoms with E-state index in [4.69, 9.17) is 0 Å². The second-order valence-electron chi connectivity index (χ2n) is 3.18. The van der Waals surface area contributed by atoms with Crippen LogP contribution >= 0.6 is 0 Å².